The summed E-state index contributed by atoms with van der Waals surface area (Å²) in [4.78, 5) is 15.5. The van der Waals surface area contributed by atoms with Gasteiger partial charge in [-0.1, -0.05) is 43.3 Å². The highest BCUT2D eigenvalue weighted by molar-refractivity contribution is 5.77. The van der Waals surface area contributed by atoms with Gasteiger partial charge in [0.05, 0.1) is 5.70 Å². The molecule has 20 heavy (non-hydrogen) atoms. The summed E-state index contributed by atoms with van der Waals surface area (Å²) in [7, 11) is 0. The van der Waals surface area contributed by atoms with E-state index >= 15 is 0 Å². The van der Waals surface area contributed by atoms with Crippen LogP contribution in [0.15, 0.2) is 49.1 Å². The van der Waals surface area contributed by atoms with E-state index in [0.717, 1.165) is 17.7 Å². The number of carbonyl (C=O) groups is 1. The lowest BCUT2D eigenvalue weighted by Gasteiger charge is -2.12. The first kappa shape index (κ1) is 13.8. The van der Waals surface area contributed by atoms with Crippen LogP contribution in [0.3, 0.4) is 0 Å². The van der Waals surface area contributed by atoms with Gasteiger partial charge in [-0.15, -0.1) is 0 Å². The average Bonchev–Trinajstić information content (AvgIpc) is 2.97. The Morgan fingerprint density at radius 3 is 2.75 bits per heavy atom. The van der Waals surface area contributed by atoms with Gasteiger partial charge < -0.3 is 0 Å². The number of benzene rings is 1. The number of nitrogens with zero attached hydrogens (tertiary/aromatic N) is 3. The Morgan fingerprint density at radius 2 is 2.10 bits per heavy atom. The monoisotopic (exact) mass is 271 g/mol. The number of allylic oxidation sites excluding steroid dienone is 1. The van der Waals surface area contributed by atoms with Gasteiger partial charge in [0.1, 0.15) is 19.2 Å². The van der Waals surface area contributed by atoms with Crippen molar-refractivity contribution < 1.29 is 4.79 Å². The molecule has 1 amide bonds. The van der Waals surface area contributed by atoms with Crippen LogP contribution in [0.25, 0.3) is 5.70 Å². The number of aromatic nitrogens is 3. The van der Waals surface area contributed by atoms with Crippen molar-refractivity contribution in [3.05, 3.63) is 54.6 Å². The highest BCUT2D eigenvalue weighted by Crippen LogP contribution is 2.10. The van der Waals surface area contributed by atoms with Crippen LogP contribution >= 0.6 is 0 Å². The summed E-state index contributed by atoms with van der Waals surface area (Å²) in [5, 5.41) is 3.88. The molecule has 0 saturated carbocycles. The molecule has 0 fully saturated rings. The van der Waals surface area contributed by atoms with Crippen molar-refractivity contribution in [1.82, 2.24) is 25.6 Å². The van der Waals surface area contributed by atoms with E-state index in [1.807, 2.05) is 43.3 Å². The summed E-state index contributed by atoms with van der Waals surface area (Å²) >= 11 is 0. The summed E-state index contributed by atoms with van der Waals surface area (Å²) in [6, 6.07) is 9.84. The maximum absolute atomic E-state index is 11.8. The van der Waals surface area contributed by atoms with Crippen LogP contribution in [-0.2, 0) is 11.3 Å². The first-order chi connectivity index (χ1) is 9.79. The van der Waals surface area contributed by atoms with E-state index in [0.29, 0.717) is 0 Å². The summed E-state index contributed by atoms with van der Waals surface area (Å²) in [6.45, 7) is 2.17. The molecule has 2 N–H and O–H groups in total. The van der Waals surface area contributed by atoms with E-state index in [2.05, 4.69) is 20.9 Å². The van der Waals surface area contributed by atoms with Crippen LogP contribution in [-0.4, -0.2) is 20.7 Å². The lowest BCUT2D eigenvalue weighted by atomic mass is 10.1. The average molecular weight is 271 g/mol. The molecule has 6 heteroatoms. The Labute approximate surface area is 117 Å². The van der Waals surface area contributed by atoms with Crippen LogP contribution in [0, 0.1) is 0 Å². The van der Waals surface area contributed by atoms with Crippen LogP contribution in [0.5, 0.6) is 0 Å². The van der Waals surface area contributed by atoms with Crippen molar-refractivity contribution in [2.45, 2.75) is 19.9 Å². The SMILES string of the molecule is CC/C=C(/NNC(=O)Cn1cncn1)c1ccccc1. The molecule has 0 aliphatic rings. The molecule has 0 saturated heterocycles. The first-order valence-electron chi connectivity index (χ1n) is 6.42. The second-order valence-electron chi connectivity index (χ2n) is 4.16. The topological polar surface area (TPSA) is 71.8 Å². The third kappa shape index (κ3) is 3.94. The molecule has 0 bridgehead atoms. The molecule has 0 atom stereocenters. The van der Waals surface area contributed by atoms with Crippen molar-refractivity contribution >= 4 is 11.6 Å². The van der Waals surface area contributed by atoms with Crippen molar-refractivity contribution in [3.63, 3.8) is 0 Å². The van der Waals surface area contributed by atoms with Gasteiger partial charge in [0.2, 0.25) is 0 Å². The van der Waals surface area contributed by atoms with Crippen molar-refractivity contribution in [3.8, 4) is 0 Å². The summed E-state index contributed by atoms with van der Waals surface area (Å²) in [6.07, 6.45) is 5.79. The van der Waals surface area contributed by atoms with Gasteiger partial charge in [-0.05, 0) is 12.0 Å². The van der Waals surface area contributed by atoms with Gasteiger partial charge in [0, 0.05) is 0 Å². The van der Waals surface area contributed by atoms with Crippen molar-refractivity contribution in [2.24, 2.45) is 0 Å². The van der Waals surface area contributed by atoms with Crippen molar-refractivity contribution in [2.75, 3.05) is 0 Å². The third-order valence-electron chi connectivity index (χ3n) is 2.60. The Hall–Kier alpha value is -2.63. The summed E-state index contributed by atoms with van der Waals surface area (Å²) < 4.78 is 1.46. The molecule has 2 aromatic rings. The fourth-order valence-corrected chi connectivity index (χ4v) is 1.70. The fourth-order valence-electron chi connectivity index (χ4n) is 1.70. The maximum Gasteiger partial charge on any atom is 0.260 e. The minimum absolute atomic E-state index is 0.126. The lowest BCUT2D eigenvalue weighted by Crippen LogP contribution is -2.38. The largest absolute Gasteiger partial charge is 0.298 e. The highest BCUT2D eigenvalue weighted by Gasteiger charge is 2.04. The Morgan fingerprint density at radius 1 is 1.30 bits per heavy atom. The minimum Gasteiger partial charge on any atom is -0.298 e. The van der Waals surface area contributed by atoms with E-state index in [-0.39, 0.29) is 12.5 Å². The predicted molar refractivity (Wildman–Crippen MR) is 76.0 cm³/mol. The fraction of sp³-hybridized carbons (Fsp3) is 0.214. The molecule has 0 aliphatic heterocycles. The highest BCUT2D eigenvalue weighted by atomic mass is 16.2. The van der Waals surface area contributed by atoms with E-state index in [4.69, 9.17) is 0 Å². The van der Waals surface area contributed by atoms with E-state index < -0.39 is 0 Å². The molecule has 1 aromatic carbocycles. The van der Waals surface area contributed by atoms with Gasteiger partial charge >= 0.3 is 0 Å². The smallest absolute Gasteiger partial charge is 0.260 e. The van der Waals surface area contributed by atoms with E-state index in [1.54, 1.807) is 0 Å². The van der Waals surface area contributed by atoms with Crippen LogP contribution < -0.4 is 10.9 Å². The minimum atomic E-state index is -0.187. The maximum atomic E-state index is 11.8. The van der Waals surface area contributed by atoms with Gasteiger partial charge in [-0.2, -0.15) is 5.10 Å². The molecule has 2 rings (SSSR count). The van der Waals surface area contributed by atoms with Gasteiger partial charge in [0.15, 0.2) is 0 Å². The Bertz CT molecular complexity index is 563. The summed E-state index contributed by atoms with van der Waals surface area (Å²) in [5.41, 5.74) is 7.51. The Kier molecular flexibility index (Phi) is 4.88. The van der Waals surface area contributed by atoms with Gasteiger partial charge in [-0.25, -0.2) is 9.67 Å². The molecule has 1 aromatic heterocycles. The zero-order chi connectivity index (χ0) is 14.2. The zero-order valence-electron chi connectivity index (χ0n) is 11.3. The molecule has 1 heterocycles. The molecule has 0 spiro atoms. The number of hydrazine groups is 1. The number of amides is 1. The number of hydrogen-bond donors (Lipinski definition) is 2. The normalized spacial score (nSPS) is 11.2. The second kappa shape index (κ2) is 7.08. The van der Waals surface area contributed by atoms with Crippen LogP contribution in [0.1, 0.15) is 18.9 Å². The molecular formula is C14H17N5O. The predicted octanol–water partition coefficient (Wildman–Crippen LogP) is 1.35. The molecule has 104 valence electrons. The number of carbonyl (C=O) groups excluding carboxylic acids is 1. The molecule has 0 radical (unpaired) electrons. The van der Waals surface area contributed by atoms with E-state index in [1.165, 1.54) is 17.3 Å². The second-order valence-corrected chi connectivity index (χ2v) is 4.16. The van der Waals surface area contributed by atoms with Crippen LogP contribution in [0.2, 0.25) is 0 Å². The zero-order valence-corrected chi connectivity index (χ0v) is 11.3. The molecule has 0 unspecified atom stereocenters. The lowest BCUT2D eigenvalue weighted by molar-refractivity contribution is -0.122. The first-order valence-corrected chi connectivity index (χ1v) is 6.42. The number of rotatable bonds is 6. The van der Waals surface area contributed by atoms with Gasteiger partial charge in [-0.3, -0.25) is 15.6 Å². The van der Waals surface area contributed by atoms with Crippen LogP contribution in [0.4, 0.5) is 0 Å². The van der Waals surface area contributed by atoms with Gasteiger partial charge in [0.25, 0.3) is 5.91 Å². The number of hydrogen-bond acceptors (Lipinski definition) is 4. The molecule has 6 nitrogen and oxygen atoms in total. The molecule has 0 aliphatic carbocycles. The standard InChI is InChI=1S/C14H17N5O/c1-2-6-13(12-7-4-3-5-8-12)17-18-14(20)9-19-11-15-10-16-19/h3-8,10-11,17H,2,9H2,1H3,(H,18,20)/b13-6+. The van der Waals surface area contributed by atoms with Crippen molar-refractivity contribution in [1.29, 1.82) is 0 Å². The van der Waals surface area contributed by atoms with E-state index in [9.17, 15) is 4.79 Å². The third-order valence-corrected chi connectivity index (χ3v) is 2.60. The number of nitrogens with one attached hydrogen (secondary N) is 2. The quantitative estimate of drug-likeness (QED) is 0.778. The summed E-state index contributed by atoms with van der Waals surface area (Å²) in [5.74, 6) is -0.187. The Balaban J connectivity index is 1.93. The molecular weight excluding hydrogens is 254 g/mol.